The van der Waals surface area contributed by atoms with Gasteiger partial charge in [-0.1, -0.05) is 6.07 Å². The van der Waals surface area contributed by atoms with Gasteiger partial charge in [0.15, 0.2) is 0 Å². The van der Waals surface area contributed by atoms with Gasteiger partial charge in [-0.05, 0) is 72.1 Å². The molecule has 4 aromatic rings. The largest absolute Gasteiger partial charge is 0.321 e. The number of carbonyl (C=O) groups is 1. The number of aryl methyl sites for hydroxylation is 2. The number of hydrogen-bond acceptors (Lipinski definition) is 8. The number of benzene rings is 1. The molecule has 0 radical (unpaired) electrons. The molecule has 1 amide bonds. The van der Waals surface area contributed by atoms with Crippen molar-refractivity contribution < 1.29 is 13.2 Å². The van der Waals surface area contributed by atoms with Crippen LogP contribution in [0, 0.1) is 32.1 Å². The van der Waals surface area contributed by atoms with Crippen LogP contribution in [0.2, 0.25) is 0 Å². The molecule has 33 heavy (non-hydrogen) atoms. The van der Waals surface area contributed by atoms with Gasteiger partial charge >= 0.3 is 0 Å². The first-order valence-electron chi connectivity index (χ1n) is 9.80. The second-order valence-electron chi connectivity index (χ2n) is 7.40. The van der Waals surface area contributed by atoms with Crippen molar-refractivity contribution in [1.29, 1.82) is 5.26 Å². The second-order valence-corrected chi connectivity index (χ2v) is 10.7. The summed E-state index contributed by atoms with van der Waals surface area (Å²) in [6.45, 7) is 5.63. The van der Waals surface area contributed by atoms with E-state index in [0.29, 0.717) is 21.6 Å². The lowest BCUT2D eigenvalue weighted by atomic mass is 9.95. The Morgan fingerprint density at radius 1 is 1.21 bits per heavy atom. The van der Waals surface area contributed by atoms with Gasteiger partial charge in [0.2, 0.25) is 0 Å². The number of thiophene rings is 1. The van der Waals surface area contributed by atoms with Crippen LogP contribution in [0.1, 0.15) is 31.9 Å². The number of amides is 1. The van der Waals surface area contributed by atoms with Gasteiger partial charge in [-0.3, -0.25) is 9.52 Å². The average molecular weight is 498 g/mol. The third-order valence-electron chi connectivity index (χ3n) is 5.27. The summed E-state index contributed by atoms with van der Waals surface area (Å²) in [6.07, 6.45) is 3.27. The summed E-state index contributed by atoms with van der Waals surface area (Å²) < 4.78 is 32.9. The van der Waals surface area contributed by atoms with Crippen molar-refractivity contribution in [3.05, 3.63) is 63.1 Å². The fourth-order valence-corrected chi connectivity index (χ4v) is 6.71. The third-order valence-corrected chi connectivity index (χ3v) is 8.43. The number of fused-ring (bicyclic) bond motifs is 1. The summed E-state index contributed by atoms with van der Waals surface area (Å²) in [5.74, 6) is -0.527. The molecule has 11 heteroatoms. The van der Waals surface area contributed by atoms with Gasteiger partial charge in [0.05, 0.1) is 29.8 Å². The van der Waals surface area contributed by atoms with E-state index in [2.05, 4.69) is 25.5 Å². The topological polar surface area (TPSA) is 125 Å². The molecule has 0 spiro atoms. The van der Waals surface area contributed by atoms with Crippen LogP contribution in [0.25, 0.3) is 10.2 Å². The van der Waals surface area contributed by atoms with E-state index in [9.17, 15) is 13.2 Å². The molecule has 1 aromatic carbocycles. The van der Waals surface area contributed by atoms with E-state index in [1.165, 1.54) is 12.3 Å². The van der Waals surface area contributed by atoms with Crippen LogP contribution in [0.3, 0.4) is 0 Å². The van der Waals surface area contributed by atoms with Crippen molar-refractivity contribution >= 4 is 60.4 Å². The molecule has 0 atom stereocenters. The van der Waals surface area contributed by atoms with E-state index >= 15 is 0 Å². The molecule has 0 aliphatic rings. The smallest absolute Gasteiger partial charge is 0.267 e. The van der Waals surface area contributed by atoms with E-state index < -0.39 is 15.9 Å². The van der Waals surface area contributed by atoms with E-state index in [-0.39, 0.29) is 16.2 Å². The number of nitrogens with zero attached hydrogens (tertiary/aromatic N) is 3. The zero-order valence-electron chi connectivity index (χ0n) is 18.0. The van der Waals surface area contributed by atoms with Crippen molar-refractivity contribution in [3.8, 4) is 6.07 Å². The zero-order valence-corrected chi connectivity index (χ0v) is 20.4. The highest BCUT2D eigenvalue weighted by Crippen LogP contribution is 2.31. The molecule has 0 aliphatic carbocycles. The van der Waals surface area contributed by atoms with Crippen molar-refractivity contribution in [2.45, 2.75) is 32.1 Å². The van der Waals surface area contributed by atoms with Gasteiger partial charge in [0.1, 0.15) is 14.6 Å². The van der Waals surface area contributed by atoms with Gasteiger partial charge in [-0.15, -0.1) is 11.3 Å². The van der Waals surface area contributed by atoms with Crippen LogP contribution < -0.4 is 10.0 Å². The molecule has 8 nitrogen and oxygen atoms in total. The van der Waals surface area contributed by atoms with Crippen LogP contribution in [0.15, 0.2) is 40.9 Å². The predicted octanol–water partition coefficient (Wildman–Crippen LogP) is 4.80. The number of carbonyl (C=O) groups excluding carboxylic acids is 1. The lowest BCUT2D eigenvalue weighted by Crippen LogP contribution is -2.19. The van der Waals surface area contributed by atoms with Gasteiger partial charge in [-0.2, -0.15) is 9.64 Å². The molecular formula is C22H19N5O3S3. The first kappa shape index (κ1) is 22.8. The monoisotopic (exact) mass is 497 g/mol. The lowest BCUT2D eigenvalue weighted by Gasteiger charge is -2.17. The summed E-state index contributed by atoms with van der Waals surface area (Å²) in [7, 11) is -4.05. The summed E-state index contributed by atoms with van der Waals surface area (Å²) in [5, 5.41) is 14.2. The van der Waals surface area contributed by atoms with E-state index in [1.807, 2.05) is 26.8 Å². The number of sulfonamides is 1. The fraction of sp³-hybridized carbons (Fsp3) is 0.182. The summed E-state index contributed by atoms with van der Waals surface area (Å²) in [4.78, 5) is 17.9. The highest BCUT2D eigenvalue weighted by Gasteiger charge is 2.26. The molecule has 168 valence electrons. The quantitative estimate of drug-likeness (QED) is 0.394. The molecule has 4 rings (SSSR count). The number of nitriles is 1. The maximum atomic E-state index is 13.2. The number of aromatic nitrogens is 2. The van der Waals surface area contributed by atoms with Gasteiger partial charge in [-0.25, -0.2) is 13.4 Å². The maximum absolute atomic E-state index is 13.2. The van der Waals surface area contributed by atoms with Crippen molar-refractivity contribution in [2.75, 3.05) is 10.0 Å². The maximum Gasteiger partial charge on any atom is 0.267 e. The van der Waals surface area contributed by atoms with Crippen molar-refractivity contribution in [2.24, 2.45) is 0 Å². The Hall–Kier alpha value is -3.33. The van der Waals surface area contributed by atoms with Crippen LogP contribution in [-0.2, 0) is 16.4 Å². The Morgan fingerprint density at radius 2 is 2.00 bits per heavy atom. The molecule has 3 heterocycles. The molecule has 0 bridgehead atoms. The van der Waals surface area contributed by atoms with Gasteiger partial charge in [0, 0.05) is 11.9 Å². The van der Waals surface area contributed by atoms with Gasteiger partial charge < -0.3 is 5.32 Å². The minimum absolute atomic E-state index is 0.0671. The summed E-state index contributed by atoms with van der Waals surface area (Å²) in [5.41, 5.74) is 4.39. The van der Waals surface area contributed by atoms with Crippen LogP contribution in [0.5, 0.6) is 0 Å². The molecular weight excluding hydrogens is 478 g/mol. The minimum Gasteiger partial charge on any atom is -0.321 e. The average Bonchev–Trinajstić information content (AvgIpc) is 3.44. The molecule has 0 aliphatic heterocycles. The Labute approximate surface area is 199 Å². The highest BCUT2D eigenvalue weighted by molar-refractivity contribution is 7.93. The van der Waals surface area contributed by atoms with Gasteiger partial charge in [0.25, 0.3) is 15.9 Å². The summed E-state index contributed by atoms with van der Waals surface area (Å²) in [6, 6.07) is 7.02. The zero-order chi connectivity index (χ0) is 23.8. The predicted molar refractivity (Wildman–Crippen MR) is 130 cm³/mol. The first-order chi connectivity index (χ1) is 15.7. The number of anilines is 2. The number of rotatable bonds is 6. The van der Waals surface area contributed by atoms with E-state index in [4.69, 9.17) is 5.26 Å². The molecule has 0 saturated carbocycles. The second kappa shape index (κ2) is 8.90. The van der Waals surface area contributed by atoms with Crippen LogP contribution in [0.4, 0.5) is 11.4 Å². The number of hydrogen-bond donors (Lipinski definition) is 2. The number of nitrogens with one attached hydrogen (secondary N) is 2. The SMILES string of the molecule is Cc1cc(C)c(NC(=O)c2sccc2S(=O)(=O)Nc2ccnc3sncc23)c(C)c1CC#N. The Morgan fingerprint density at radius 3 is 2.76 bits per heavy atom. The lowest BCUT2D eigenvalue weighted by molar-refractivity contribution is 0.102. The molecule has 0 fully saturated rings. The molecule has 2 N–H and O–H groups in total. The fourth-order valence-electron chi connectivity index (χ4n) is 3.68. The third kappa shape index (κ3) is 4.32. The van der Waals surface area contributed by atoms with Crippen molar-refractivity contribution in [1.82, 2.24) is 9.36 Å². The van der Waals surface area contributed by atoms with E-state index in [1.54, 1.807) is 17.6 Å². The number of pyridine rings is 1. The Kier molecular flexibility index (Phi) is 6.16. The van der Waals surface area contributed by atoms with E-state index in [0.717, 1.165) is 45.1 Å². The molecule has 0 unspecified atom stereocenters. The minimum atomic E-state index is -4.05. The van der Waals surface area contributed by atoms with Crippen molar-refractivity contribution in [3.63, 3.8) is 0 Å². The van der Waals surface area contributed by atoms with Crippen LogP contribution >= 0.6 is 22.9 Å². The highest BCUT2D eigenvalue weighted by atomic mass is 32.2. The molecule has 0 saturated heterocycles. The first-order valence-corrected chi connectivity index (χ1v) is 12.9. The summed E-state index contributed by atoms with van der Waals surface area (Å²) >= 11 is 2.21. The van der Waals surface area contributed by atoms with Crippen LogP contribution in [-0.4, -0.2) is 23.7 Å². The Balaban J connectivity index is 1.67. The normalized spacial score (nSPS) is 11.3. The Bertz CT molecular complexity index is 1530. The standard InChI is InChI=1S/C22H19N5O3S3/c1-12-10-13(2)19(14(3)15(12)4-7-23)26-21(28)20-18(6-9-31-20)33(29,30)27-17-5-8-24-22-16(17)11-25-32-22/h5-6,8-11H,4H2,1-3H3,(H,24,27)(H,26,28). The molecule has 3 aromatic heterocycles.